The van der Waals surface area contributed by atoms with E-state index in [2.05, 4.69) is 22.3 Å². The van der Waals surface area contributed by atoms with Gasteiger partial charge in [-0.25, -0.2) is 0 Å². The lowest BCUT2D eigenvalue weighted by atomic mass is 10.1. The first-order chi connectivity index (χ1) is 12.6. The molecular weight excluding hydrogens is 348 g/mol. The number of ether oxygens (including phenoxy) is 1. The molecule has 1 N–H and O–H groups in total. The Balaban J connectivity index is 1.51. The second-order valence-electron chi connectivity index (χ2n) is 6.67. The number of halogens is 1. The lowest BCUT2D eigenvalue weighted by molar-refractivity contribution is -0.116. The zero-order chi connectivity index (χ0) is 18.4. The highest BCUT2D eigenvalue weighted by Crippen LogP contribution is 2.23. The molecule has 3 rings (SSSR count). The van der Waals surface area contributed by atoms with Crippen LogP contribution in [0, 0.1) is 0 Å². The lowest BCUT2D eigenvalue weighted by Gasteiger charge is -2.33. The topological polar surface area (TPSA) is 41.6 Å². The van der Waals surface area contributed by atoms with Gasteiger partial charge in [0.05, 0.1) is 6.10 Å². The van der Waals surface area contributed by atoms with Crippen LogP contribution in [0.1, 0.15) is 24.8 Å². The number of methoxy groups -OCH3 is 1. The molecule has 26 heavy (non-hydrogen) atoms. The highest BCUT2D eigenvalue weighted by molar-refractivity contribution is 6.30. The van der Waals surface area contributed by atoms with E-state index in [9.17, 15) is 4.79 Å². The number of nitrogens with one attached hydrogen (secondary N) is 1. The van der Waals surface area contributed by atoms with Crippen molar-refractivity contribution in [1.82, 2.24) is 0 Å². The average Bonchev–Trinajstić information content (AvgIpc) is 2.67. The number of piperidine rings is 1. The molecule has 0 aliphatic carbocycles. The highest BCUT2D eigenvalue weighted by atomic mass is 35.5. The standard InChI is InChI=1S/C21H25ClN2O2/c1-26-20-6-3-13-24(15-20)19-10-8-18(9-11-19)23-21(25)12-7-16-4-2-5-17(22)14-16/h2,4-5,8-11,14,20H,3,6-7,12-13,15H2,1H3,(H,23,25)/t20-/m0/s1. The second-order valence-corrected chi connectivity index (χ2v) is 7.11. The first-order valence-electron chi connectivity index (χ1n) is 9.06. The molecule has 0 unspecified atom stereocenters. The van der Waals surface area contributed by atoms with Crippen LogP contribution >= 0.6 is 11.6 Å². The Bertz CT molecular complexity index is 733. The van der Waals surface area contributed by atoms with Gasteiger partial charge in [-0.2, -0.15) is 0 Å². The van der Waals surface area contributed by atoms with Crippen LogP contribution in [0.15, 0.2) is 48.5 Å². The maximum Gasteiger partial charge on any atom is 0.224 e. The first kappa shape index (κ1) is 18.7. The van der Waals surface area contributed by atoms with Crippen molar-refractivity contribution in [2.75, 3.05) is 30.4 Å². The number of nitrogens with zero attached hydrogens (tertiary/aromatic N) is 1. The molecule has 4 nitrogen and oxygen atoms in total. The van der Waals surface area contributed by atoms with E-state index in [1.54, 1.807) is 7.11 Å². The number of aryl methyl sites for hydroxylation is 1. The molecule has 0 aromatic heterocycles. The third-order valence-corrected chi connectivity index (χ3v) is 4.99. The van der Waals surface area contributed by atoms with Gasteiger partial charge in [0.25, 0.3) is 0 Å². The summed E-state index contributed by atoms with van der Waals surface area (Å²) in [5.74, 6) is 0.00939. The van der Waals surface area contributed by atoms with Crippen molar-refractivity contribution in [3.63, 3.8) is 0 Å². The third kappa shape index (κ3) is 5.23. The molecule has 1 atom stereocenters. The zero-order valence-electron chi connectivity index (χ0n) is 15.1. The molecule has 1 amide bonds. The van der Waals surface area contributed by atoms with Gasteiger partial charge in [-0.05, 0) is 61.2 Å². The van der Waals surface area contributed by atoms with Crippen molar-refractivity contribution < 1.29 is 9.53 Å². The van der Waals surface area contributed by atoms with Gasteiger partial charge in [-0.15, -0.1) is 0 Å². The minimum atomic E-state index is 0.00939. The second kappa shape index (κ2) is 9.06. The van der Waals surface area contributed by atoms with E-state index in [1.807, 2.05) is 36.4 Å². The predicted octanol–water partition coefficient (Wildman–Crippen LogP) is 4.53. The number of carbonyl (C=O) groups is 1. The minimum absolute atomic E-state index is 0.00939. The monoisotopic (exact) mass is 372 g/mol. The molecule has 0 spiro atoms. The van der Waals surface area contributed by atoms with E-state index in [0.29, 0.717) is 24.0 Å². The number of hydrogen-bond donors (Lipinski definition) is 1. The number of benzene rings is 2. The van der Waals surface area contributed by atoms with Crippen molar-refractivity contribution in [2.24, 2.45) is 0 Å². The van der Waals surface area contributed by atoms with Gasteiger partial charge >= 0.3 is 0 Å². The molecular formula is C21H25ClN2O2. The van der Waals surface area contributed by atoms with Gasteiger partial charge in [0.2, 0.25) is 5.91 Å². The summed E-state index contributed by atoms with van der Waals surface area (Å²) < 4.78 is 5.48. The maximum atomic E-state index is 12.2. The van der Waals surface area contributed by atoms with E-state index in [-0.39, 0.29) is 5.91 Å². The summed E-state index contributed by atoms with van der Waals surface area (Å²) in [6.45, 7) is 1.97. The number of anilines is 2. The molecule has 1 saturated heterocycles. The highest BCUT2D eigenvalue weighted by Gasteiger charge is 2.19. The van der Waals surface area contributed by atoms with Crippen molar-refractivity contribution in [3.05, 3.63) is 59.1 Å². The SMILES string of the molecule is CO[C@H]1CCCN(c2ccc(NC(=O)CCc3cccc(Cl)c3)cc2)C1. The molecule has 1 heterocycles. The number of carbonyl (C=O) groups excluding carboxylic acids is 1. The molecule has 0 saturated carbocycles. The number of rotatable bonds is 6. The summed E-state index contributed by atoms with van der Waals surface area (Å²) in [7, 11) is 1.77. The van der Waals surface area contributed by atoms with E-state index in [1.165, 1.54) is 5.69 Å². The lowest BCUT2D eigenvalue weighted by Crippen LogP contribution is -2.39. The van der Waals surface area contributed by atoms with E-state index < -0.39 is 0 Å². The van der Waals surface area contributed by atoms with Crippen LogP contribution in [0.3, 0.4) is 0 Å². The van der Waals surface area contributed by atoms with Gasteiger partial charge in [-0.3, -0.25) is 4.79 Å². The number of amides is 1. The van der Waals surface area contributed by atoms with Crippen LogP contribution in [-0.2, 0) is 16.0 Å². The summed E-state index contributed by atoms with van der Waals surface area (Å²) in [5, 5.41) is 3.66. The minimum Gasteiger partial charge on any atom is -0.380 e. The van der Waals surface area contributed by atoms with E-state index >= 15 is 0 Å². The zero-order valence-corrected chi connectivity index (χ0v) is 15.8. The quantitative estimate of drug-likeness (QED) is 0.810. The molecule has 2 aromatic rings. The third-order valence-electron chi connectivity index (χ3n) is 4.76. The van der Waals surface area contributed by atoms with Crippen LogP contribution in [0.25, 0.3) is 0 Å². The first-order valence-corrected chi connectivity index (χ1v) is 9.44. The molecule has 0 bridgehead atoms. The van der Waals surface area contributed by atoms with Gasteiger partial charge in [0.15, 0.2) is 0 Å². The fourth-order valence-electron chi connectivity index (χ4n) is 3.29. The summed E-state index contributed by atoms with van der Waals surface area (Å²) in [6, 6.07) is 15.7. The van der Waals surface area contributed by atoms with Crippen molar-refractivity contribution in [2.45, 2.75) is 31.8 Å². The Morgan fingerprint density at radius 3 is 2.81 bits per heavy atom. The smallest absolute Gasteiger partial charge is 0.224 e. The summed E-state index contributed by atoms with van der Waals surface area (Å²) in [5.41, 5.74) is 3.06. The van der Waals surface area contributed by atoms with E-state index in [4.69, 9.17) is 16.3 Å². The van der Waals surface area contributed by atoms with Crippen LogP contribution in [-0.4, -0.2) is 32.2 Å². The fraction of sp³-hybridized carbons (Fsp3) is 0.381. The number of hydrogen-bond acceptors (Lipinski definition) is 3. The van der Waals surface area contributed by atoms with Crippen LogP contribution in [0.4, 0.5) is 11.4 Å². The van der Waals surface area contributed by atoms with Gasteiger partial charge in [0.1, 0.15) is 0 Å². The van der Waals surface area contributed by atoms with Crippen LogP contribution in [0.5, 0.6) is 0 Å². The molecule has 0 radical (unpaired) electrons. The Morgan fingerprint density at radius 1 is 1.27 bits per heavy atom. The molecule has 2 aromatic carbocycles. The molecule has 5 heteroatoms. The predicted molar refractivity (Wildman–Crippen MR) is 107 cm³/mol. The Kier molecular flexibility index (Phi) is 6.53. The van der Waals surface area contributed by atoms with E-state index in [0.717, 1.165) is 37.2 Å². The van der Waals surface area contributed by atoms with Gasteiger partial charge in [-0.1, -0.05) is 23.7 Å². The van der Waals surface area contributed by atoms with Crippen molar-refractivity contribution >= 4 is 28.9 Å². The van der Waals surface area contributed by atoms with Gasteiger partial charge < -0.3 is 15.0 Å². The maximum absolute atomic E-state index is 12.2. The molecule has 1 aliphatic rings. The van der Waals surface area contributed by atoms with Crippen molar-refractivity contribution in [1.29, 1.82) is 0 Å². The van der Waals surface area contributed by atoms with Crippen LogP contribution < -0.4 is 10.2 Å². The normalized spacial score (nSPS) is 17.2. The summed E-state index contributed by atoms with van der Waals surface area (Å²) in [4.78, 5) is 14.5. The summed E-state index contributed by atoms with van der Waals surface area (Å²) >= 11 is 5.97. The fourth-order valence-corrected chi connectivity index (χ4v) is 3.51. The average molecular weight is 373 g/mol. The Hall–Kier alpha value is -2.04. The van der Waals surface area contributed by atoms with Gasteiger partial charge in [0, 0.05) is 43.0 Å². The van der Waals surface area contributed by atoms with Crippen LogP contribution in [0.2, 0.25) is 5.02 Å². The summed E-state index contributed by atoms with van der Waals surface area (Å²) in [6.07, 6.45) is 3.67. The molecule has 1 aliphatic heterocycles. The Morgan fingerprint density at radius 2 is 2.08 bits per heavy atom. The molecule has 1 fully saturated rings. The van der Waals surface area contributed by atoms with Crippen molar-refractivity contribution in [3.8, 4) is 0 Å². The largest absolute Gasteiger partial charge is 0.380 e. The molecule has 138 valence electrons. The Labute approximate surface area is 160 Å².